The SMILES string of the molecule is CC/C=C\C/C=C\C/C=C\C/C=C\C/C=C\CCCCCC(=O)OC(COCCCCCCCCCC/C=C\C/C=C\CCCCC)COC1OC(CO)C(O)C(O)C1O. The second-order valence-electron chi connectivity index (χ2n) is 15.8. The first kappa shape index (κ1) is 55.4. The number of hydrogen-bond acceptors (Lipinski definition) is 9. The van der Waals surface area contributed by atoms with Crippen LogP contribution in [0, 0.1) is 0 Å². The Bertz CT molecular complexity index is 1190. The molecule has 1 fully saturated rings. The maximum Gasteiger partial charge on any atom is 0.306 e. The van der Waals surface area contributed by atoms with E-state index in [4.69, 9.17) is 18.9 Å². The van der Waals surface area contributed by atoms with Crippen LogP contribution in [0.2, 0.25) is 0 Å². The molecule has 0 saturated carbocycles. The minimum Gasteiger partial charge on any atom is -0.457 e. The van der Waals surface area contributed by atoms with Gasteiger partial charge in [-0.3, -0.25) is 4.79 Å². The molecule has 1 heterocycles. The fraction of sp³-hybridized carbons (Fsp3) is 0.706. The van der Waals surface area contributed by atoms with E-state index in [1.54, 1.807) is 0 Å². The van der Waals surface area contributed by atoms with E-state index in [-0.39, 0.29) is 25.6 Å². The van der Waals surface area contributed by atoms with Crippen molar-refractivity contribution < 1.29 is 44.2 Å². The first-order valence-corrected chi connectivity index (χ1v) is 23.7. The molecule has 344 valence electrons. The molecule has 60 heavy (non-hydrogen) atoms. The van der Waals surface area contributed by atoms with Gasteiger partial charge in [0, 0.05) is 13.0 Å². The number of aliphatic hydroxyl groups excluding tert-OH is 4. The van der Waals surface area contributed by atoms with Crippen molar-refractivity contribution in [1.82, 2.24) is 0 Å². The molecule has 6 unspecified atom stereocenters. The van der Waals surface area contributed by atoms with Crippen molar-refractivity contribution in [2.45, 2.75) is 205 Å². The molecule has 1 rings (SSSR count). The predicted molar refractivity (Wildman–Crippen MR) is 247 cm³/mol. The topological polar surface area (TPSA) is 135 Å². The van der Waals surface area contributed by atoms with Gasteiger partial charge in [-0.05, 0) is 89.9 Å². The van der Waals surface area contributed by atoms with E-state index in [1.807, 2.05) is 0 Å². The van der Waals surface area contributed by atoms with Crippen LogP contribution < -0.4 is 0 Å². The summed E-state index contributed by atoms with van der Waals surface area (Å²) >= 11 is 0. The third kappa shape index (κ3) is 32.1. The molecular formula is C51H86O9. The van der Waals surface area contributed by atoms with Crippen LogP contribution in [-0.4, -0.2) is 89.6 Å². The first-order valence-electron chi connectivity index (χ1n) is 23.7. The number of carbonyl (C=O) groups excluding carboxylic acids is 1. The van der Waals surface area contributed by atoms with Gasteiger partial charge in [-0.2, -0.15) is 0 Å². The number of aliphatic hydroxyl groups is 4. The van der Waals surface area contributed by atoms with Crippen molar-refractivity contribution in [3.8, 4) is 0 Å². The number of rotatable bonds is 39. The highest BCUT2D eigenvalue weighted by atomic mass is 16.7. The molecule has 0 radical (unpaired) electrons. The van der Waals surface area contributed by atoms with Crippen LogP contribution in [0.25, 0.3) is 0 Å². The molecule has 0 aromatic heterocycles. The number of allylic oxidation sites excluding steroid dienone is 14. The van der Waals surface area contributed by atoms with Crippen LogP contribution >= 0.6 is 0 Å². The minimum atomic E-state index is -1.55. The van der Waals surface area contributed by atoms with E-state index in [0.717, 1.165) is 83.5 Å². The van der Waals surface area contributed by atoms with Crippen molar-refractivity contribution in [3.05, 3.63) is 85.1 Å². The molecular weight excluding hydrogens is 757 g/mol. The fourth-order valence-electron chi connectivity index (χ4n) is 6.61. The third-order valence-electron chi connectivity index (χ3n) is 10.3. The summed E-state index contributed by atoms with van der Waals surface area (Å²) in [5.74, 6) is -0.350. The van der Waals surface area contributed by atoms with Crippen LogP contribution in [0.5, 0.6) is 0 Å². The van der Waals surface area contributed by atoms with Gasteiger partial charge in [0.05, 0.1) is 19.8 Å². The largest absolute Gasteiger partial charge is 0.457 e. The smallest absolute Gasteiger partial charge is 0.306 e. The molecule has 1 aliphatic rings. The van der Waals surface area contributed by atoms with Gasteiger partial charge in [0.2, 0.25) is 0 Å². The standard InChI is InChI=1S/C51H86O9/c1-3-5-7-9-11-13-15-17-19-21-23-24-26-28-30-32-34-36-38-40-47(53)59-45(44-58-51-50(56)49(55)48(54)46(42-52)60-51)43-57-41-39-37-35-33-31-29-27-25-22-20-18-16-14-12-10-8-6-4-2/h5,7,11-14,17-20,23-24,28,30,45-46,48-52,54-56H,3-4,6,8-10,15-16,21-22,25-27,29,31-44H2,1-2H3/b7-5-,13-11-,14-12-,19-17-,20-18-,24-23-,30-28-. The average Bonchev–Trinajstić information content (AvgIpc) is 3.25. The molecule has 0 bridgehead atoms. The van der Waals surface area contributed by atoms with Crippen LogP contribution in [0.3, 0.4) is 0 Å². The van der Waals surface area contributed by atoms with Gasteiger partial charge in [-0.15, -0.1) is 0 Å². The highest BCUT2D eigenvalue weighted by Crippen LogP contribution is 2.22. The maximum absolute atomic E-state index is 12.8. The molecule has 0 amide bonds. The van der Waals surface area contributed by atoms with Gasteiger partial charge in [0.1, 0.15) is 30.5 Å². The Morgan fingerprint density at radius 3 is 1.53 bits per heavy atom. The lowest BCUT2D eigenvalue weighted by Gasteiger charge is -2.39. The Morgan fingerprint density at radius 1 is 0.550 bits per heavy atom. The highest BCUT2D eigenvalue weighted by Gasteiger charge is 2.44. The monoisotopic (exact) mass is 843 g/mol. The summed E-state index contributed by atoms with van der Waals surface area (Å²) in [4.78, 5) is 12.8. The van der Waals surface area contributed by atoms with Crippen LogP contribution in [0.1, 0.15) is 168 Å². The van der Waals surface area contributed by atoms with E-state index >= 15 is 0 Å². The van der Waals surface area contributed by atoms with E-state index in [9.17, 15) is 25.2 Å². The summed E-state index contributed by atoms with van der Waals surface area (Å²) in [5.41, 5.74) is 0. The molecule has 1 saturated heterocycles. The summed E-state index contributed by atoms with van der Waals surface area (Å²) in [6.07, 6.45) is 48.9. The Kier molecular flexibility index (Phi) is 38.5. The van der Waals surface area contributed by atoms with E-state index < -0.39 is 43.4 Å². The zero-order chi connectivity index (χ0) is 43.6. The second-order valence-corrected chi connectivity index (χ2v) is 15.8. The van der Waals surface area contributed by atoms with Gasteiger partial charge >= 0.3 is 5.97 Å². The minimum absolute atomic E-state index is 0.122. The normalized spacial score (nSPS) is 20.8. The molecule has 9 nitrogen and oxygen atoms in total. The summed E-state index contributed by atoms with van der Waals surface area (Å²) in [6.45, 7) is 4.35. The van der Waals surface area contributed by atoms with E-state index in [1.165, 1.54) is 57.8 Å². The zero-order valence-corrected chi connectivity index (χ0v) is 37.7. The summed E-state index contributed by atoms with van der Waals surface area (Å²) < 4.78 is 22.8. The Hall–Kier alpha value is -2.63. The molecule has 9 heteroatoms. The molecule has 0 aromatic carbocycles. The third-order valence-corrected chi connectivity index (χ3v) is 10.3. The molecule has 0 spiro atoms. The van der Waals surface area contributed by atoms with Gasteiger partial charge in [-0.1, -0.05) is 157 Å². The Morgan fingerprint density at radius 2 is 1.02 bits per heavy atom. The van der Waals surface area contributed by atoms with Crippen molar-refractivity contribution >= 4 is 5.97 Å². The zero-order valence-electron chi connectivity index (χ0n) is 37.7. The van der Waals surface area contributed by atoms with Crippen molar-refractivity contribution in [3.63, 3.8) is 0 Å². The van der Waals surface area contributed by atoms with Crippen LogP contribution in [0.4, 0.5) is 0 Å². The second kappa shape index (κ2) is 41.7. The fourth-order valence-corrected chi connectivity index (χ4v) is 6.61. The number of unbranched alkanes of at least 4 members (excludes halogenated alkanes) is 14. The van der Waals surface area contributed by atoms with E-state index in [0.29, 0.717) is 13.0 Å². The maximum atomic E-state index is 12.8. The lowest BCUT2D eigenvalue weighted by molar-refractivity contribution is -0.305. The molecule has 0 aromatic rings. The van der Waals surface area contributed by atoms with Crippen molar-refractivity contribution in [2.24, 2.45) is 0 Å². The molecule has 4 N–H and O–H groups in total. The number of carbonyl (C=O) groups is 1. The molecule has 0 aliphatic carbocycles. The number of esters is 1. The van der Waals surface area contributed by atoms with Crippen molar-refractivity contribution in [2.75, 3.05) is 26.4 Å². The Labute approximate surface area is 365 Å². The summed E-state index contributed by atoms with van der Waals surface area (Å²) in [7, 11) is 0. The lowest BCUT2D eigenvalue weighted by Crippen LogP contribution is -2.59. The van der Waals surface area contributed by atoms with Gasteiger partial charge in [-0.25, -0.2) is 0 Å². The first-order chi connectivity index (χ1) is 29.4. The molecule has 1 aliphatic heterocycles. The lowest BCUT2D eigenvalue weighted by atomic mass is 9.99. The van der Waals surface area contributed by atoms with Gasteiger partial charge in [0.25, 0.3) is 0 Å². The van der Waals surface area contributed by atoms with Gasteiger partial charge in [0.15, 0.2) is 6.29 Å². The highest BCUT2D eigenvalue weighted by molar-refractivity contribution is 5.69. The molecule has 6 atom stereocenters. The van der Waals surface area contributed by atoms with Gasteiger partial charge < -0.3 is 39.4 Å². The van der Waals surface area contributed by atoms with E-state index in [2.05, 4.69) is 98.9 Å². The van der Waals surface area contributed by atoms with Crippen molar-refractivity contribution in [1.29, 1.82) is 0 Å². The summed E-state index contributed by atoms with van der Waals surface area (Å²) in [6, 6.07) is 0. The van der Waals surface area contributed by atoms with Crippen LogP contribution in [-0.2, 0) is 23.7 Å². The Balaban J connectivity index is 2.29. The summed E-state index contributed by atoms with van der Waals surface area (Å²) in [5, 5.41) is 40.2. The quantitative estimate of drug-likeness (QED) is 0.0271. The average molecular weight is 843 g/mol. The number of ether oxygens (including phenoxy) is 4. The number of hydrogen-bond donors (Lipinski definition) is 4. The predicted octanol–water partition coefficient (Wildman–Crippen LogP) is 11.0. The van der Waals surface area contributed by atoms with Crippen LogP contribution in [0.15, 0.2) is 85.1 Å².